The van der Waals surface area contributed by atoms with Crippen molar-refractivity contribution in [1.82, 2.24) is 9.29 Å². The zero-order valence-electron chi connectivity index (χ0n) is 19.9. The quantitative estimate of drug-likeness (QED) is 0.262. The zero-order chi connectivity index (χ0) is 25.8. The van der Waals surface area contributed by atoms with E-state index >= 15 is 0 Å². The van der Waals surface area contributed by atoms with Gasteiger partial charge in [-0.15, -0.1) is 5.11 Å². The molecule has 35 heavy (non-hydrogen) atoms. The van der Waals surface area contributed by atoms with Crippen molar-refractivity contribution in [1.29, 1.82) is 5.26 Å². The van der Waals surface area contributed by atoms with Crippen LogP contribution in [0.3, 0.4) is 0 Å². The maximum atomic E-state index is 12.9. The van der Waals surface area contributed by atoms with Gasteiger partial charge in [0.15, 0.2) is 5.69 Å². The van der Waals surface area contributed by atoms with Crippen LogP contribution in [0, 0.1) is 18.3 Å². The van der Waals surface area contributed by atoms with Crippen molar-refractivity contribution in [3.05, 3.63) is 45.7 Å². The Hall–Kier alpha value is -3.11. The van der Waals surface area contributed by atoms with E-state index in [-0.39, 0.29) is 60.5 Å². The van der Waals surface area contributed by atoms with E-state index in [1.807, 2.05) is 6.07 Å². The first-order valence-electron chi connectivity index (χ1n) is 11.3. The molecule has 1 heterocycles. The molecule has 190 valence electrons. The van der Waals surface area contributed by atoms with Crippen molar-refractivity contribution in [3.8, 4) is 11.9 Å². The number of pyridine rings is 1. The van der Waals surface area contributed by atoms with Gasteiger partial charge in [-0.3, -0.25) is 9.36 Å². The lowest BCUT2D eigenvalue weighted by Crippen LogP contribution is -2.27. The number of azo groups is 1. The lowest BCUT2D eigenvalue weighted by Gasteiger charge is -2.12. The summed E-state index contributed by atoms with van der Waals surface area (Å²) in [6.45, 7) is 4.00. The van der Waals surface area contributed by atoms with Gasteiger partial charge >= 0.3 is 0 Å². The van der Waals surface area contributed by atoms with Gasteiger partial charge < -0.3 is 14.9 Å². The lowest BCUT2D eigenvalue weighted by molar-refractivity contribution is 0.0961. The van der Waals surface area contributed by atoms with E-state index in [4.69, 9.17) is 9.84 Å². The largest absolute Gasteiger partial charge is 0.493 e. The van der Waals surface area contributed by atoms with E-state index in [0.717, 1.165) is 23.8 Å². The first-order chi connectivity index (χ1) is 16.8. The Balaban J connectivity index is 2.23. The molecule has 0 atom stereocenters. The Morgan fingerprint density at radius 2 is 1.86 bits per heavy atom. The zero-order valence-corrected chi connectivity index (χ0v) is 20.7. The first kappa shape index (κ1) is 28.1. The van der Waals surface area contributed by atoms with Gasteiger partial charge in [-0.2, -0.15) is 10.4 Å². The Morgan fingerprint density at radius 3 is 2.49 bits per heavy atom. The highest BCUT2D eigenvalue weighted by atomic mass is 32.2. The van der Waals surface area contributed by atoms with Gasteiger partial charge in [-0.1, -0.05) is 26.2 Å². The predicted octanol–water partition coefficient (Wildman–Crippen LogP) is 3.02. The Labute approximate surface area is 204 Å². The number of aliphatic hydroxyl groups excluding tert-OH is 1. The normalized spacial score (nSPS) is 11.7. The Morgan fingerprint density at radius 1 is 1.14 bits per heavy atom. The van der Waals surface area contributed by atoms with Gasteiger partial charge in [-0.25, -0.2) is 13.1 Å². The van der Waals surface area contributed by atoms with Crippen LogP contribution < -0.4 is 10.3 Å². The third kappa shape index (κ3) is 7.69. The summed E-state index contributed by atoms with van der Waals surface area (Å²) < 4.78 is 33.2. The molecule has 12 heteroatoms. The summed E-state index contributed by atoms with van der Waals surface area (Å²) >= 11 is 0. The van der Waals surface area contributed by atoms with E-state index in [9.17, 15) is 23.6 Å². The topological polar surface area (TPSA) is 166 Å². The minimum atomic E-state index is -3.76. The van der Waals surface area contributed by atoms with Crippen LogP contribution >= 0.6 is 0 Å². The summed E-state index contributed by atoms with van der Waals surface area (Å²) in [6, 6.07) is 7.48. The van der Waals surface area contributed by atoms with Gasteiger partial charge in [-0.05, 0) is 37.6 Å². The summed E-state index contributed by atoms with van der Waals surface area (Å²) in [5, 5.41) is 36.6. The van der Waals surface area contributed by atoms with Crippen LogP contribution in [-0.2, 0) is 21.3 Å². The summed E-state index contributed by atoms with van der Waals surface area (Å²) in [4.78, 5) is 13.0. The minimum absolute atomic E-state index is 0.0145. The molecule has 0 bridgehead atoms. The second-order valence-corrected chi connectivity index (χ2v) is 9.50. The third-order valence-corrected chi connectivity index (χ3v) is 6.67. The molecular formula is C23H31N5O6S. The second kappa shape index (κ2) is 13.7. The molecule has 0 aliphatic rings. The molecule has 1 aromatic heterocycles. The molecule has 0 spiro atoms. The van der Waals surface area contributed by atoms with Crippen molar-refractivity contribution < 1.29 is 23.4 Å². The SMILES string of the molecule is CCCCCCn1c(O)c(C#N)c(C)c(N=Nc2ccc(S(=O)(=O)NCCOCCO)cc2)c1=O. The number of hydrogen-bond acceptors (Lipinski definition) is 9. The number of nitrogens with zero attached hydrogens (tertiary/aromatic N) is 4. The molecule has 1 aromatic carbocycles. The Kier molecular flexibility index (Phi) is 11.0. The number of unbranched alkanes of at least 4 members (excludes halogenated alkanes) is 3. The molecule has 2 aromatic rings. The van der Waals surface area contributed by atoms with E-state index in [1.165, 1.54) is 31.2 Å². The summed E-state index contributed by atoms with van der Waals surface area (Å²) in [5.74, 6) is -0.380. The molecule has 11 nitrogen and oxygen atoms in total. The Bertz CT molecular complexity index is 1220. The second-order valence-electron chi connectivity index (χ2n) is 7.73. The summed E-state index contributed by atoms with van der Waals surface area (Å²) in [6.07, 6.45) is 3.57. The number of aromatic nitrogens is 1. The van der Waals surface area contributed by atoms with Crippen LogP contribution in [0.1, 0.15) is 43.7 Å². The monoisotopic (exact) mass is 505 g/mol. The number of aromatic hydroxyl groups is 1. The highest BCUT2D eigenvalue weighted by Crippen LogP contribution is 2.27. The van der Waals surface area contributed by atoms with Crippen LogP contribution in [0.15, 0.2) is 44.2 Å². The molecule has 3 N–H and O–H groups in total. The maximum absolute atomic E-state index is 12.9. The molecule has 0 unspecified atom stereocenters. The number of aliphatic hydroxyl groups is 1. The van der Waals surface area contributed by atoms with Crippen molar-refractivity contribution in [2.24, 2.45) is 10.2 Å². The average molecular weight is 506 g/mol. The number of rotatable bonds is 14. The molecule has 0 saturated carbocycles. The molecule has 0 fully saturated rings. The molecule has 0 aliphatic carbocycles. The standard InChI is InChI=1S/C23H31N5O6S/c1-3-4-5-6-12-28-22(30)20(16-24)17(2)21(23(28)31)27-26-18-7-9-19(10-8-18)35(32,33)25-11-14-34-15-13-29/h7-10,25,29-30H,3-6,11-15H2,1-2H3. The highest BCUT2D eigenvalue weighted by molar-refractivity contribution is 7.89. The smallest absolute Gasteiger partial charge is 0.281 e. The molecule has 0 saturated heterocycles. The predicted molar refractivity (Wildman–Crippen MR) is 130 cm³/mol. The van der Waals surface area contributed by atoms with E-state index in [2.05, 4.69) is 21.9 Å². The van der Waals surface area contributed by atoms with Gasteiger partial charge in [0.1, 0.15) is 11.6 Å². The van der Waals surface area contributed by atoms with Crippen LogP contribution in [0.25, 0.3) is 0 Å². The van der Waals surface area contributed by atoms with Crippen molar-refractivity contribution in [2.45, 2.75) is 51.0 Å². The molecular weight excluding hydrogens is 474 g/mol. The van der Waals surface area contributed by atoms with Crippen molar-refractivity contribution >= 4 is 21.4 Å². The third-order valence-electron chi connectivity index (χ3n) is 5.19. The van der Waals surface area contributed by atoms with Crippen molar-refractivity contribution in [2.75, 3.05) is 26.4 Å². The number of sulfonamides is 1. The molecule has 0 amide bonds. The van der Waals surface area contributed by atoms with Gasteiger partial charge in [0.25, 0.3) is 5.56 Å². The van der Waals surface area contributed by atoms with E-state index in [0.29, 0.717) is 12.1 Å². The van der Waals surface area contributed by atoms with E-state index in [1.54, 1.807) is 0 Å². The van der Waals surface area contributed by atoms with Crippen LogP contribution in [-0.4, -0.2) is 49.6 Å². The fourth-order valence-corrected chi connectivity index (χ4v) is 4.27. The number of ether oxygens (including phenoxy) is 1. The molecule has 0 aliphatic heterocycles. The van der Waals surface area contributed by atoms with Gasteiger partial charge in [0, 0.05) is 18.7 Å². The number of hydrogen-bond donors (Lipinski definition) is 3. The highest BCUT2D eigenvalue weighted by Gasteiger charge is 2.19. The first-order valence-corrected chi connectivity index (χ1v) is 12.8. The molecule has 2 rings (SSSR count). The van der Waals surface area contributed by atoms with Crippen LogP contribution in [0.2, 0.25) is 0 Å². The maximum Gasteiger partial charge on any atom is 0.281 e. The number of benzene rings is 1. The fraction of sp³-hybridized carbons (Fsp3) is 0.478. The van der Waals surface area contributed by atoms with E-state index < -0.39 is 15.6 Å². The summed E-state index contributed by atoms with van der Waals surface area (Å²) in [5.41, 5.74) is -0.128. The minimum Gasteiger partial charge on any atom is -0.493 e. The number of nitriles is 1. The van der Waals surface area contributed by atoms with Crippen LogP contribution in [0.5, 0.6) is 5.88 Å². The molecule has 0 radical (unpaired) electrons. The van der Waals surface area contributed by atoms with Crippen LogP contribution in [0.4, 0.5) is 11.4 Å². The number of nitrogens with one attached hydrogen (secondary N) is 1. The van der Waals surface area contributed by atoms with Gasteiger partial charge in [0.2, 0.25) is 15.9 Å². The van der Waals surface area contributed by atoms with Crippen molar-refractivity contribution in [3.63, 3.8) is 0 Å². The fourth-order valence-electron chi connectivity index (χ4n) is 3.26. The lowest BCUT2D eigenvalue weighted by atomic mass is 10.1. The average Bonchev–Trinajstić information content (AvgIpc) is 2.84. The summed E-state index contributed by atoms with van der Waals surface area (Å²) in [7, 11) is -3.76. The van der Waals surface area contributed by atoms with Gasteiger partial charge in [0.05, 0.1) is 30.4 Å².